The number of aromatic amines is 1. The summed E-state index contributed by atoms with van der Waals surface area (Å²) in [4.78, 5) is 4.73. The summed E-state index contributed by atoms with van der Waals surface area (Å²) in [5, 5.41) is 6.79. The zero-order valence-corrected chi connectivity index (χ0v) is 19.2. The lowest BCUT2D eigenvalue weighted by Crippen LogP contribution is -2.36. The van der Waals surface area contributed by atoms with Crippen molar-refractivity contribution in [3.05, 3.63) is 72.4 Å². The highest BCUT2D eigenvalue weighted by Gasteiger charge is 2.36. The fraction of sp³-hybridized carbons (Fsp3) is 0.333. The van der Waals surface area contributed by atoms with Crippen LogP contribution in [0, 0.1) is 11.7 Å². The summed E-state index contributed by atoms with van der Waals surface area (Å²) in [5.41, 5.74) is 4.57. The van der Waals surface area contributed by atoms with Crippen LogP contribution in [0.4, 0.5) is 4.39 Å². The molecule has 1 saturated heterocycles. The van der Waals surface area contributed by atoms with Gasteiger partial charge in [-0.25, -0.2) is 17.8 Å². The molecule has 2 atom stereocenters. The van der Waals surface area contributed by atoms with E-state index in [0.717, 1.165) is 40.8 Å². The van der Waals surface area contributed by atoms with Gasteiger partial charge in [0, 0.05) is 37.1 Å². The van der Waals surface area contributed by atoms with Gasteiger partial charge in [-0.1, -0.05) is 12.1 Å². The molecule has 7 nitrogen and oxygen atoms in total. The Labute approximate surface area is 192 Å². The highest BCUT2D eigenvalue weighted by Crippen LogP contribution is 2.29. The summed E-state index contributed by atoms with van der Waals surface area (Å²) >= 11 is 0. The van der Waals surface area contributed by atoms with Gasteiger partial charge in [0.05, 0.1) is 28.7 Å². The van der Waals surface area contributed by atoms with Gasteiger partial charge in [-0.05, 0) is 61.6 Å². The number of aromatic nitrogens is 4. The smallest absolute Gasteiger partial charge is 0.214 e. The minimum Gasteiger partial charge on any atom is -0.346 e. The van der Waals surface area contributed by atoms with Crippen LogP contribution in [0.5, 0.6) is 0 Å². The number of nitrogens with one attached hydrogen (secondary N) is 1. The molecule has 3 aromatic heterocycles. The number of H-pyrrole nitrogens is 1. The predicted octanol–water partition coefficient (Wildman–Crippen LogP) is 3.85. The molecule has 9 heteroatoms. The summed E-state index contributed by atoms with van der Waals surface area (Å²) in [6.45, 7) is 3.22. The Morgan fingerprint density at radius 1 is 1.15 bits per heavy atom. The molecule has 0 aliphatic carbocycles. The van der Waals surface area contributed by atoms with Crippen LogP contribution < -0.4 is 0 Å². The fourth-order valence-electron chi connectivity index (χ4n) is 4.71. The molecule has 0 spiro atoms. The molecule has 0 amide bonds. The van der Waals surface area contributed by atoms with Crippen LogP contribution in [0.1, 0.15) is 18.9 Å². The number of nitrogens with zero attached hydrogens (tertiary/aromatic N) is 4. The van der Waals surface area contributed by atoms with Crippen molar-refractivity contribution in [3.63, 3.8) is 0 Å². The first kappa shape index (κ1) is 21.8. The zero-order valence-electron chi connectivity index (χ0n) is 18.4. The molecule has 5 rings (SSSR count). The maximum atomic E-state index is 13.1. The largest absolute Gasteiger partial charge is 0.346 e. The van der Waals surface area contributed by atoms with E-state index in [4.69, 9.17) is 4.98 Å². The van der Waals surface area contributed by atoms with E-state index in [1.807, 2.05) is 31.5 Å². The highest BCUT2D eigenvalue weighted by molar-refractivity contribution is 7.89. The SMILES string of the molecule is C[C@H]1C[C@@H](Cn2ccc3nc(-c4cn[nH]c4)ccc32)CN1S(=O)(=O)CCc1ccc(F)cc1. The number of sulfonamides is 1. The van der Waals surface area contributed by atoms with E-state index < -0.39 is 10.0 Å². The van der Waals surface area contributed by atoms with E-state index >= 15 is 0 Å². The van der Waals surface area contributed by atoms with Crippen LogP contribution >= 0.6 is 0 Å². The first-order valence-electron chi connectivity index (χ1n) is 11.1. The molecule has 0 radical (unpaired) electrons. The van der Waals surface area contributed by atoms with Crippen molar-refractivity contribution in [2.75, 3.05) is 12.3 Å². The van der Waals surface area contributed by atoms with Gasteiger partial charge in [0.1, 0.15) is 5.82 Å². The lowest BCUT2D eigenvalue weighted by molar-refractivity contribution is 0.399. The molecule has 1 aromatic carbocycles. The minimum atomic E-state index is -3.39. The fourth-order valence-corrected chi connectivity index (χ4v) is 6.51. The van der Waals surface area contributed by atoms with Gasteiger partial charge in [-0.2, -0.15) is 9.40 Å². The maximum Gasteiger partial charge on any atom is 0.214 e. The summed E-state index contributed by atoms with van der Waals surface area (Å²) in [5.74, 6) is -0.0594. The van der Waals surface area contributed by atoms with Crippen molar-refractivity contribution in [2.24, 2.45) is 5.92 Å². The molecular formula is C24H26FN5O2S. The van der Waals surface area contributed by atoms with Crippen LogP contribution in [0.25, 0.3) is 22.3 Å². The Hall–Kier alpha value is -3.04. The second kappa shape index (κ2) is 8.72. The summed E-state index contributed by atoms with van der Waals surface area (Å²) in [7, 11) is -3.39. The monoisotopic (exact) mass is 467 g/mol. The molecule has 1 aliphatic heterocycles. The lowest BCUT2D eigenvalue weighted by Gasteiger charge is -2.21. The normalized spacial score (nSPS) is 19.5. The molecule has 33 heavy (non-hydrogen) atoms. The van der Waals surface area contributed by atoms with Gasteiger partial charge in [0.2, 0.25) is 10.0 Å². The van der Waals surface area contributed by atoms with Crippen LogP contribution in [0.2, 0.25) is 0 Å². The van der Waals surface area contributed by atoms with Gasteiger partial charge < -0.3 is 4.57 Å². The van der Waals surface area contributed by atoms with Crippen LogP contribution in [0.3, 0.4) is 0 Å². The maximum absolute atomic E-state index is 13.1. The number of fused-ring (bicyclic) bond motifs is 1. The molecule has 1 N–H and O–H groups in total. The summed E-state index contributed by atoms with van der Waals surface area (Å²) in [6.07, 6.45) is 6.78. The molecule has 4 heterocycles. The lowest BCUT2D eigenvalue weighted by atomic mass is 10.1. The van der Waals surface area contributed by atoms with Gasteiger partial charge >= 0.3 is 0 Å². The molecule has 4 aromatic rings. The van der Waals surface area contributed by atoms with E-state index in [1.165, 1.54) is 12.1 Å². The first-order valence-corrected chi connectivity index (χ1v) is 12.7. The van der Waals surface area contributed by atoms with Gasteiger partial charge in [-0.3, -0.25) is 5.10 Å². The van der Waals surface area contributed by atoms with Crippen molar-refractivity contribution in [3.8, 4) is 11.3 Å². The van der Waals surface area contributed by atoms with Crippen molar-refractivity contribution in [1.29, 1.82) is 0 Å². The number of pyridine rings is 1. The third-order valence-electron chi connectivity index (χ3n) is 6.40. The molecule has 0 saturated carbocycles. The van der Waals surface area contributed by atoms with Crippen LogP contribution in [0.15, 0.2) is 61.1 Å². The standard InChI is InChI=1S/C24H26FN5O2S/c1-17-12-19(16-30(17)33(31,32)11-9-18-2-4-21(25)5-3-18)15-29-10-8-23-24(29)7-6-22(28-23)20-13-26-27-14-20/h2-8,10,13-14,17,19H,9,11-12,15-16H2,1H3,(H,26,27)/t17-,19-/m0/s1. The zero-order chi connectivity index (χ0) is 23.0. The molecule has 1 aliphatic rings. The van der Waals surface area contributed by atoms with Crippen molar-refractivity contribution in [1.82, 2.24) is 24.1 Å². The molecule has 0 bridgehead atoms. The Morgan fingerprint density at radius 3 is 2.73 bits per heavy atom. The average Bonchev–Trinajstić information content (AvgIpc) is 3.54. The molecule has 172 valence electrons. The number of halogens is 1. The number of hydrogen-bond acceptors (Lipinski definition) is 4. The van der Waals surface area contributed by atoms with Crippen molar-refractivity contribution < 1.29 is 12.8 Å². The van der Waals surface area contributed by atoms with Gasteiger partial charge in [0.25, 0.3) is 0 Å². The van der Waals surface area contributed by atoms with E-state index in [9.17, 15) is 12.8 Å². The molecular weight excluding hydrogens is 441 g/mol. The van der Waals surface area contributed by atoms with Gasteiger partial charge in [0.15, 0.2) is 0 Å². The Kier molecular flexibility index (Phi) is 5.76. The Bertz CT molecular complexity index is 1350. The highest BCUT2D eigenvalue weighted by atomic mass is 32.2. The second-order valence-corrected chi connectivity index (χ2v) is 10.8. The first-order chi connectivity index (χ1) is 15.9. The van der Waals surface area contributed by atoms with Crippen molar-refractivity contribution in [2.45, 2.75) is 32.4 Å². The van der Waals surface area contributed by atoms with Crippen LogP contribution in [-0.4, -0.2) is 50.8 Å². The number of benzene rings is 1. The second-order valence-electron chi connectivity index (χ2n) is 8.77. The van der Waals surface area contributed by atoms with E-state index in [2.05, 4.69) is 20.8 Å². The summed E-state index contributed by atoms with van der Waals surface area (Å²) < 4.78 is 42.9. The molecule has 1 fully saturated rings. The van der Waals surface area contributed by atoms with Crippen LogP contribution in [-0.2, 0) is 23.0 Å². The summed E-state index contributed by atoms with van der Waals surface area (Å²) in [6, 6.07) is 12.0. The molecule has 0 unspecified atom stereocenters. The average molecular weight is 468 g/mol. The van der Waals surface area contributed by atoms with E-state index in [0.29, 0.717) is 13.0 Å². The number of aryl methyl sites for hydroxylation is 1. The van der Waals surface area contributed by atoms with E-state index in [1.54, 1.807) is 22.6 Å². The number of rotatable bonds is 7. The topological polar surface area (TPSA) is 83.9 Å². The Morgan fingerprint density at radius 2 is 1.97 bits per heavy atom. The third kappa shape index (κ3) is 4.56. The third-order valence-corrected chi connectivity index (χ3v) is 8.34. The minimum absolute atomic E-state index is 0.0306. The van der Waals surface area contributed by atoms with Gasteiger partial charge in [-0.15, -0.1) is 0 Å². The number of hydrogen-bond donors (Lipinski definition) is 1. The predicted molar refractivity (Wildman–Crippen MR) is 125 cm³/mol. The van der Waals surface area contributed by atoms with Crippen molar-refractivity contribution >= 4 is 21.1 Å². The Balaban J connectivity index is 1.26. The quantitative estimate of drug-likeness (QED) is 0.448. The van der Waals surface area contributed by atoms with E-state index in [-0.39, 0.29) is 23.5 Å².